The molecule has 2 unspecified atom stereocenters. The maximum Gasteiger partial charge on any atom is 0.0784 e. The van der Waals surface area contributed by atoms with Crippen LogP contribution in [-0.2, 0) is 4.74 Å². The van der Waals surface area contributed by atoms with Crippen LogP contribution >= 0.6 is 11.8 Å². The Bertz CT molecular complexity index is 234. The molecule has 0 aromatic heterocycles. The topological polar surface area (TPSA) is 58.0 Å². The zero-order valence-electron chi connectivity index (χ0n) is 7.48. The lowest BCUT2D eigenvalue weighted by Crippen LogP contribution is -2.41. The number of nitrogens with zero attached hydrogens (tertiary/aromatic N) is 3. The van der Waals surface area contributed by atoms with Crippen molar-refractivity contribution in [3.05, 3.63) is 10.4 Å². The van der Waals surface area contributed by atoms with Gasteiger partial charge in [-0.25, -0.2) is 0 Å². The summed E-state index contributed by atoms with van der Waals surface area (Å²) >= 11 is 1.94. The Morgan fingerprint density at radius 1 is 1.62 bits per heavy atom. The average Bonchev–Trinajstić information content (AvgIpc) is 2.54. The van der Waals surface area contributed by atoms with Gasteiger partial charge in [0.2, 0.25) is 0 Å². The van der Waals surface area contributed by atoms with Crippen molar-refractivity contribution in [1.29, 1.82) is 0 Å². The standard InChI is InChI=1S/C8H13N3OS/c9-11-10-7-1-3-12-8(5-7)2-4-13-6-8/h7H,1-6H2. The van der Waals surface area contributed by atoms with Gasteiger partial charge >= 0.3 is 0 Å². The third-order valence-electron chi connectivity index (χ3n) is 2.75. The molecule has 1 spiro atoms. The first kappa shape index (κ1) is 9.19. The van der Waals surface area contributed by atoms with Gasteiger partial charge in [0.1, 0.15) is 0 Å². The maximum atomic E-state index is 8.36. The molecular weight excluding hydrogens is 186 g/mol. The summed E-state index contributed by atoms with van der Waals surface area (Å²) in [6.07, 6.45) is 2.93. The molecule has 13 heavy (non-hydrogen) atoms. The Morgan fingerprint density at radius 3 is 3.23 bits per heavy atom. The van der Waals surface area contributed by atoms with Crippen molar-refractivity contribution in [3.8, 4) is 0 Å². The molecule has 0 saturated carbocycles. The molecule has 0 bridgehead atoms. The third kappa shape index (κ3) is 1.93. The summed E-state index contributed by atoms with van der Waals surface area (Å²) in [7, 11) is 0. The minimum absolute atomic E-state index is 0.0434. The molecule has 0 radical (unpaired) electrons. The second kappa shape index (κ2) is 3.78. The van der Waals surface area contributed by atoms with Gasteiger partial charge < -0.3 is 4.74 Å². The quantitative estimate of drug-likeness (QED) is 0.370. The highest BCUT2D eigenvalue weighted by atomic mass is 32.2. The van der Waals surface area contributed by atoms with E-state index in [1.54, 1.807) is 0 Å². The number of azide groups is 1. The van der Waals surface area contributed by atoms with Crippen LogP contribution in [0.2, 0.25) is 0 Å². The first-order valence-electron chi connectivity index (χ1n) is 4.61. The zero-order chi connectivity index (χ0) is 9.15. The molecule has 72 valence electrons. The summed E-state index contributed by atoms with van der Waals surface area (Å²) in [5.41, 5.74) is 8.41. The molecule has 0 N–H and O–H groups in total. The number of hydrogen-bond acceptors (Lipinski definition) is 3. The monoisotopic (exact) mass is 199 g/mol. The fourth-order valence-corrected chi connectivity index (χ4v) is 3.42. The number of ether oxygens (including phenoxy) is 1. The van der Waals surface area contributed by atoms with Gasteiger partial charge in [-0.15, -0.1) is 0 Å². The normalized spacial score (nSPS) is 38.9. The zero-order valence-corrected chi connectivity index (χ0v) is 8.29. The van der Waals surface area contributed by atoms with Gasteiger partial charge in [0, 0.05) is 23.3 Å². The molecular formula is C8H13N3OS. The van der Waals surface area contributed by atoms with Crippen LogP contribution in [0.4, 0.5) is 0 Å². The predicted octanol–water partition coefficient (Wildman–Crippen LogP) is 2.35. The Labute approximate surface area is 81.7 Å². The van der Waals surface area contributed by atoms with Crippen molar-refractivity contribution in [1.82, 2.24) is 0 Å². The van der Waals surface area contributed by atoms with Crippen LogP contribution in [0.1, 0.15) is 19.3 Å². The van der Waals surface area contributed by atoms with Crippen LogP contribution in [0, 0.1) is 0 Å². The Balaban J connectivity index is 2.02. The van der Waals surface area contributed by atoms with Gasteiger partial charge in [0.25, 0.3) is 0 Å². The molecule has 2 aliphatic heterocycles. The smallest absolute Gasteiger partial charge is 0.0784 e. The van der Waals surface area contributed by atoms with Crippen molar-refractivity contribution in [2.75, 3.05) is 18.1 Å². The van der Waals surface area contributed by atoms with E-state index in [0.717, 1.165) is 31.6 Å². The Morgan fingerprint density at radius 2 is 2.54 bits per heavy atom. The minimum atomic E-state index is 0.0434. The second-order valence-corrected chi connectivity index (χ2v) is 4.79. The number of rotatable bonds is 1. The summed E-state index contributed by atoms with van der Waals surface area (Å²) in [5.74, 6) is 2.26. The van der Waals surface area contributed by atoms with E-state index in [1.165, 1.54) is 5.75 Å². The van der Waals surface area contributed by atoms with E-state index < -0.39 is 0 Å². The van der Waals surface area contributed by atoms with E-state index in [2.05, 4.69) is 10.0 Å². The summed E-state index contributed by atoms with van der Waals surface area (Å²) in [6, 6.07) is 0.164. The van der Waals surface area contributed by atoms with Gasteiger partial charge in [-0.1, -0.05) is 5.11 Å². The molecule has 2 heterocycles. The second-order valence-electron chi connectivity index (χ2n) is 3.69. The summed E-state index contributed by atoms with van der Waals surface area (Å²) in [6.45, 7) is 0.754. The maximum absolute atomic E-state index is 8.36. The lowest BCUT2D eigenvalue weighted by atomic mass is 9.90. The van der Waals surface area contributed by atoms with Crippen LogP contribution in [0.25, 0.3) is 10.4 Å². The van der Waals surface area contributed by atoms with Crippen LogP contribution in [0.5, 0.6) is 0 Å². The van der Waals surface area contributed by atoms with E-state index in [1.807, 2.05) is 11.8 Å². The third-order valence-corrected chi connectivity index (χ3v) is 3.97. The van der Waals surface area contributed by atoms with E-state index >= 15 is 0 Å². The van der Waals surface area contributed by atoms with Crippen molar-refractivity contribution >= 4 is 11.8 Å². The van der Waals surface area contributed by atoms with Crippen LogP contribution in [0.3, 0.4) is 0 Å². The van der Waals surface area contributed by atoms with Gasteiger partial charge in [0.05, 0.1) is 5.60 Å². The molecule has 0 aromatic carbocycles. The molecule has 0 amide bonds. The fraction of sp³-hybridized carbons (Fsp3) is 1.00. The molecule has 4 nitrogen and oxygen atoms in total. The Kier molecular flexibility index (Phi) is 2.67. The first-order chi connectivity index (χ1) is 6.35. The number of thioether (sulfide) groups is 1. The Hall–Kier alpha value is -0.380. The molecule has 2 aliphatic rings. The molecule has 0 aliphatic carbocycles. The summed E-state index contributed by atoms with van der Waals surface area (Å²) in [5, 5.41) is 3.79. The van der Waals surface area contributed by atoms with Gasteiger partial charge in [-0.2, -0.15) is 11.8 Å². The van der Waals surface area contributed by atoms with E-state index in [-0.39, 0.29) is 11.6 Å². The van der Waals surface area contributed by atoms with Crippen LogP contribution in [-0.4, -0.2) is 29.8 Å². The molecule has 2 saturated heterocycles. The highest BCUT2D eigenvalue weighted by Crippen LogP contribution is 2.38. The SMILES string of the molecule is [N-]=[N+]=NC1CCOC2(CCSC2)C1. The van der Waals surface area contributed by atoms with Gasteiger partial charge in [-0.3, -0.25) is 0 Å². The fourth-order valence-electron chi connectivity index (χ4n) is 2.04. The largest absolute Gasteiger partial charge is 0.374 e. The lowest BCUT2D eigenvalue weighted by Gasteiger charge is -2.35. The van der Waals surface area contributed by atoms with Gasteiger partial charge in [-0.05, 0) is 30.5 Å². The summed E-state index contributed by atoms with van der Waals surface area (Å²) < 4.78 is 5.80. The van der Waals surface area contributed by atoms with E-state index in [9.17, 15) is 0 Å². The highest BCUT2D eigenvalue weighted by molar-refractivity contribution is 7.99. The molecule has 2 atom stereocenters. The lowest BCUT2D eigenvalue weighted by molar-refractivity contribution is -0.0652. The molecule has 2 rings (SSSR count). The molecule has 2 fully saturated rings. The van der Waals surface area contributed by atoms with Crippen LogP contribution in [0.15, 0.2) is 5.11 Å². The predicted molar refractivity (Wildman–Crippen MR) is 52.8 cm³/mol. The first-order valence-corrected chi connectivity index (χ1v) is 5.76. The average molecular weight is 199 g/mol. The van der Waals surface area contributed by atoms with Crippen molar-refractivity contribution in [2.24, 2.45) is 5.11 Å². The van der Waals surface area contributed by atoms with E-state index in [4.69, 9.17) is 10.3 Å². The van der Waals surface area contributed by atoms with Crippen molar-refractivity contribution < 1.29 is 4.74 Å². The summed E-state index contributed by atoms with van der Waals surface area (Å²) in [4.78, 5) is 2.88. The van der Waals surface area contributed by atoms with Gasteiger partial charge in [0.15, 0.2) is 0 Å². The highest BCUT2D eigenvalue weighted by Gasteiger charge is 2.39. The molecule has 0 aromatic rings. The van der Waals surface area contributed by atoms with Crippen molar-refractivity contribution in [2.45, 2.75) is 30.9 Å². The van der Waals surface area contributed by atoms with Crippen LogP contribution < -0.4 is 0 Å². The van der Waals surface area contributed by atoms with E-state index in [0.29, 0.717) is 0 Å². The number of hydrogen-bond donors (Lipinski definition) is 0. The van der Waals surface area contributed by atoms with Crippen molar-refractivity contribution in [3.63, 3.8) is 0 Å². The minimum Gasteiger partial charge on any atom is -0.374 e. The molecule has 5 heteroatoms.